The van der Waals surface area contributed by atoms with Crippen LogP contribution >= 0.6 is 0 Å². The number of aromatic nitrogens is 1. The van der Waals surface area contributed by atoms with E-state index in [1.165, 1.54) is 18.2 Å². The van der Waals surface area contributed by atoms with E-state index in [0.29, 0.717) is 12.2 Å². The van der Waals surface area contributed by atoms with Crippen molar-refractivity contribution in [3.8, 4) is 0 Å². The fraction of sp³-hybridized carbons (Fsp3) is 0.353. The molecule has 128 valence electrons. The van der Waals surface area contributed by atoms with E-state index in [0.717, 1.165) is 0 Å². The molecule has 0 saturated carbocycles. The number of hydrogen-bond donors (Lipinski definition) is 2. The van der Waals surface area contributed by atoms with Crippen LogP contribution in [-0.4, -0.2) is 23.0 Å². The van der Waals surface area contributed by atoms with Gasteiger partial charge in [-0.25, -0.2) is 4.39 Å². The lowest BCUT2D eigenvalue weighted by molar-refractivity contribution is -0.119. The van der Waals surface area contributed by atoms with Crippen LogP contribution in [0.15, 0.2) is 34.9 Å². The molecule has 0 aliphatic heterocycles. The Bertz CT molecular complexity index is 729. The van der Waals surface area contributed by atoms with Gasteiger partial charge in [-0.3, -0.25) is 9.59 Å². The van der Waals surface area contributed by atoms with Gasteiger partial charge in [0.1, 0.15) is 17.6 Å². The summed E-state index contributed by atoms with van der Waals surface area (Å²) in [6.45, 7) is 5.44. The summed E-state index contributed by atoms with van der Waals surface area (Å²) in [7, 11) is 0. The lowest BCUT2D eigenvalue weighted by atomic mass is 9.97. The van der Waals surface area contributed by atoms with Crippen LogP contribution < -0.4 is 10.6 Å². The predicted molar refractivity (Wildman–Crippen MR) is 87.0 cm³/mol. The SMILES string of the molecule is CCC(C)[C@H](NC(=O)c1ccccc1F)C(=O)Nc1cc(C)on1. The molecule has 6 nitrogen and oxygen atoms in total. The van der Waals surface area contributed by atoms with Gasteiger partial charge < -0.3 is 15.2 Å². The third kappa shape index (κ3) is 4.18. The Morgan fingerprint density at radius 1 is 1.33 bits per heavy atom. The molecule has 2 N–H and O–H groups in total. The van der Waals surface area contributed by atoms with Gasteiger partial charge in [0.2, 0.25) is 5.91 Å². The highest BCUT2D eigenvalue weighted by molar-refractivity contribution is 6.01. The molecule has 2 aromatic rings. The van der Waals surface area contributed by atoms with E-state index >= 15 is 0 Å². The van der Waals surface area contributed by atoms with Crippen molar-refractivity contribution in [2.24, 2.45) is 5.92 Å². The molecule has 1 aromatic heterocycles. The third-order valence-corrected chi connectivity index (χ3v) is 3.78. The zero-order valence-corrected chi connectivity index (χ0v) is 13.8. The Kier molecular flexibility index (Phi) is 5.68. The van der Waals surface area contributed by atoms with Crippen LogP contribution in [0.25, 0.3) is 0 Å². The van der Waals surface area contributed by atoms with Crippen LogP contribution in [0.2, 0.25) is 0 Å². The van der Waals surface area contributed by atoms with E-state index in [4.69, 9.17) is 4.52 Å². The van der Waals surface area contributed by atoms with Gasteiger partial charge >= 0.3 is 0 Å². The van der Waals surface area contributed by atoms with Crippen LogP contribution in [0.3, 0.4) is 0 Å². The first kappa shape index (κ1) is 17.7. The first-order chi connectivity index (χ1) is 11.4. The van der Waals surface area contributed by atoms with Crippen molar-refractivity contribution in [1.29, 1.82) is 0 Å². The summed E-state index contributed by atoms with van der Waals surface area (Å²) in [5, 5.41) is 8.89. The maximum absolute atomic E-state index is 13.7. The standard InChI is InChI=1S/C17H20FN3O3/c1-4-10(2)15(17(23)19-14-9-11(3)24-21-14)20-16(22)12-7-5-6-8-13(12)18/h5-10,15H,4H2,1-3H3,(H,20,22)(H,19,21,23)/t10?,15-/m0/s1. The maximum atomic E-state index is 13.7. The Morgan fingerprint density at radius 2 is 2.04 bits per heavy atom. The van der Waals surface area contributed by atoms with Gasteiger partial charge in [-0.2, -0.15) is 0 Å². The molecule has 0 fully saturated rings. The van der Waals surface area contributed by atoms with E-state index < -0.39 is 23.7 Å². The molecule has 1 unspecified atom stereocenters. The first-order valence-corrected chi connectivity index (χ1v) is 7.72. The summed E-state index contributed by atoms with van der Waals surface area (Å²) in [6, 6.07) is 6.39. The largest absolute Gasteiger partial charge is 0.360 e. The number of rotatable bonds is 6. The second-order valence-electron chi connectivity index (χ2n) is 5.63. The molecule has 0 saturated heterocycles. The predicted octanol–water partition coefficient (Wildman–Crippen LogP) is 2.91. The highest BCUT2D eigenvalue weighted by Gasteiger charge is 2.27. The highest BCUT2D eigenvalue weighted by atomic mass is 19.1. The van der Waals surface area contributed by atoms with Gasteiger partial charge in [-0.15, -0.1) is 0 Å². The Balaban J connectivity index is 2.14. The number of halogens is 1. The summed E-state index contributed by atoms with van der Waals surface area (Å²) < 4.78 is 18.6. The molecule has 0 spiro atoms. The minimum Gasteiger partial charge on any atom is -0.360 e. The Labute approximate surface area is 139 Å². The fourth-order valence-electron chi connectivity index (χ4n) is 2.20. The van der Waals surface area contributed by atoms with Gasteiger partial charge in [0.15, 0.2) is 5.82 Å². The van der Waals surface area contributed by atoms with Crippen LogP contribution in [0.4, 0.5) is 10.2 Å². The summed E-state index contributed by atoms with van der Waals surface area (Å²) in [5.41, 5.74) is -0.101. The summed E-state index contributed by atoms with van der Waals surface area (Å²) in [4.78, 5) is 24.8. The van der Waals surface area contributed by atoms with Crippen molar-refractivity contribution in [2.45, 2.75) is 33.2 Å². The van der Waals surface area contributed by atoms with Gasteiger partial charge in [0.05, 0.1) is 5.56 Å². The molecule has 1 aromatic carbocycles. The summed E-state index contributed by atoms with van der Waals surface area (Å²) in [5.74, 6) is -1.02. The number of amides is 2. The number of nitrogens with zero attached hydrogens (tertiary/aromatic N) is 1. The molecule has 2 atom stereocenters. The van der Waals surface area contributed by atoms with E-state index in [2.05, 4.69) is 15.8 Å². The molecule has 0 bridgehead atoms. The van der Waals surface area contributed by atoms with Crippen LogP contribution in [-0.2, 0) is 4.79 Å². The van der Waals surface area contributed by atoms with E-state index in [-0.39, 0.29) is 17.3 Å². The molecule has 2 rings (SSSR count). The monoisotopic (exact) mass is 333 g/mol. The third-order valence-electron chi connectivity index (χ3n) is 3.78. The van der Waals surface area contributed by atoms with Crippen molar-refractivity contribution in [2.75, 3.05) is 5.32 Å². The number of hydrogen-bond acceptors (Lipinski definition) is 4. The summed E-state index contributed by atoms with van der Waals surface area (Å²) in [6.07, 6.45) is 0.660. The minimum absolute atomic E-state index is 0.101. The molecule has 0 aliphatic carbocycles. The molecule has 0 aliphatic rings. The van der Waals surface area contributed by atoms with Gasteiger partial charge in [-0.1, -0.05) is 37.6 Å². The number of benzene rings is 1. The minimum atomic E-state index is -0.820. The Morgan fingerprint density at radius 3 is 2.62 bits per heavy atom. The van der Waals surface area contributed by atoms with Gasteiger partial charge in [-0.05, 0) is 25.0 Å². The van der Waals surface area contributed by atoms with Crippen LogP contribution in [0.5, 0.6) is 0 Å². The topological polar surface area (TPSA) is 84.2 Å². The van der Waals surface area contributed by atoms with Crippen molar-refractivity contribution in [1.82, 2.24) is 10.5 Å². The smallest absolute Gasteiger partial charge is 0.254 e. The van der Waals surface area contributed by atoms with Gasteiger partial charge in [0, 0.05) is 6.07 Å². The number of anilines is 1. The second-order valence-corrected chi connectivity index (χ2v) is 5.63. The van der Waals surface area contributed by atoms with E-state index in [1.54, 1.807) is 19.1 Å². The molecule has 24 heavy (non-hydrogen) atoms. The zero-order chi connectivity index (χ0) is 17.7. The van der Waals surface area contributed by atoms with Crippen molar-refractivity contribution in [3.63, 3.8) is 0 Å². The number of carbonyl (C=O) groups is 2. The first-order valence-electron chi connectivity index (χ1n) is 7.72. The Hall–Kier alpha value is -2.70. The van der Waals surface area contributed by atoms with Crippen molar-refractivity contribution >= 4 is 17.6 Å². The number of nitrogens with one attached hydrogen (secondary N) is 2. The fourth-order valence-corrected chi connectivity index (χ4v) is 2.20. The lowest BCUT2D eigenvalue weighted by Gasteiger charge is -2.23. The zero-order valence-electron chi connectivity index (χ0n) is 13.8. The lowest BCUT2D eigenvalue weighted by Crippen LogP contribution is -2.48. The van der Waals surface area contributed by atoms with Crippen molar-refractivity contribution in [3.05, 3.63) is 47.5 Å². The average molecular weight is 333 g/mol. The maximum Gasteiger partial charge on any atom is 0.254 e. The van der Waals surface area contributed by atoms with E-state index in [1.807, 2.05) is 13.8 Å². The number of carbonyl (C=O) groups excluding carboxylic acids is 2. The number of aryl methyl sites for hydroxylation is 1. The molecule has 7 heteroatoms. The molecule has 1 heterocycles. The quantitative estimate of drug-likeness (QED) is 0.851. The molecular weight excluding hydrogens is 313 g/mol. The molecule has 0 radical (unpaired) electrons. The van der Waals surface area contributed by atoms with Crippen LogP contribution in [0, 0.1) is 18.7 Å². The summed E-state index contributed by atoms with van der Waals surface area (Å²) >= 11 is 0. The van der Waals surface area contributed by atoms with Gasteiger partial charge in [0.25, 0.3) is 5.91 Å². The van der Waals surface area contributed by atoms with Crippen molar-refractivity contribution < 1.29 is 18.5 Å². The van der Waals surface area contributed by atoms with Crippen LogP contribution in [0.1, 0.15) is 36.4 Å². The molecule has 2 amide bonds. The van der Waals surface area contributed by atoms with E-state index in [9.17, 15) is 14.0 Å². The second kappa shape index (κ2) is 7.72. The highest BCUT2D eigenvalue weighted by Crippen LogP contribution is 2.14. The average Bonchev–Trinajstić information content (AvgIpc) is 2.96. The molecular formula is C17H20FN3O3. The normalized spacial score (nSPS) is 13.2.